The van der Waals surface area contributed by atoms with Gasteiger partial charge in [0.25, 0.3) is 11.2 Å². The number of hydrogen-bond acceptors (Lipinski definition) is 6. The summed E-state index contributed by atoms with van der Waals surface area (Å²) in [7, 11) is 0. The number of nitro benzene ring substituents is 1. The molecular formula is C12H11N3O4S. The van der Waals surface area contributed by atoms with Gasteiger partial charge in [0.05, 0.1) is 15.9 Å². The fraction of sp³-hybridized carbons (Fsp3) is 0.167. The standard InChI is InChI=1S/C12H11N3O4S/c1-7(16)8-2-3-10(9(6-8)15(18)19)20-12-13-5-4-11(17)14-12/h2-7,16H,1H3,(H,13,14,17)/t7-/m0/s1. The number of aliphatic hydroxyl groups is 1. The van der Waals surface area contributed by atoms with Crippen LogP contribution < -0.4 is 5.56 Å². The molecule has 1 aromatic heterocycles. The fourth-order valence-corrected chi connectivity index (χ4v) is 2.38. The molecule has 0 fully saturated rings. The summed E-state index contributed by atoms with van der Waals surface area (Å²) in [6.45, 7) is 1.53. The molecule has 7 nitrogen and oxygen atoms in total. The molecule has 0 spiro atoms. The molecule has 0 unspecified atom stereocenters. The van der Waals surface area contributed by atoms with Crippen LogP contribution in [-0.2, 0) is 0 Å². The zero-order chi connectivity index (χ0) is 14.7. The highest BCUT2D eigenvalue weighted by molar-refractivity contribution is 7.99. The van der Waals surface area contributed by atoms with Crippen molar-refractivity contribution in [3.63, 3.8) is 0 Å². The lowest BCUT2D eigenvalue weighted by atomic mass is 10.1. The fourth-order valence-electron chi connectivity index (χ4n) is 1.53. The molecule has 0 saturated carbocycles. The second-order valence-electron chi connectivity index (χ2n) is 4.00. The molecule has 0 amide bonds. The smallest absolute Gasteiger partial charge is 0.283 e. The summed E-state index contributed by atoms with van der Waals surface area (Å²) < 4.78 is 0. The van der Waals surface area contributed by atoms with Gasteiger partial charge in [0, 0.05) is 18.3 Å². The number of nitrogens with zero attached hydrogens (tertiary/aromatic N) is 2. The molecule has 0 saturated heterocycles. The third-order valence-corrected chi connectivity index (χ3v) is 3.48. The second-order valence-corrected chi connectivity index (χ2v) is 5.03. The lowest BCUT2D eigenvalue weighted by Crippen LogP contribution is -2.05. The molecular weight excluding hydrogens is 282 g/mol. The van der Waals surface area contributed by atoms with Crippen LogP contribution >= 0.6 is 11.8 Å². The number of nitrogens with one attached hydrogen (secondary N) is 1. The van der Waals surface area contributed by atoms with E-state index in [4.69, 9.17) is 0 Å². The summed E-state index contributed by atoms with van der Waals surface area (Å²) in [5.41, 5.74) is -0.0128. The summed E-state index contributed by atoms with van der Waals surface area (Å²) in [5.74, 6) is 0. The van der Waals surface area contributed by atoms with Crippen molar-refractivity contribution in [2.45, 2.75) is 23.1 Å². The number of benzene rings is 1. The molecule has 1 aromatic carbocycles. The first-order valence-corrected chi connectivity index (χ1v) is 6.48. The summed E-state index contributed by atoms with van der Waals surface area (Å²) in [4.78, 5) is 28.5. The monoisotopic (exact) mass is 293 g/mol. The van der Waals surface area contributed by atoms with Crippen molar-refractivity contribution in [3.8, 4) is 0 Å². The Hall–Kier alpha value is -2.19. The van der Waals surface area contributed by atoms with E-state index in [2.05, 4.69) is 9.97 Å². The molecule has 0 aliphatic carbocycles. The molecule has 20 heavy (non-hydrogen) atoms. The van der Waals surface area contributed by atoms with Crippen molar-refractivity contribution in [3.05, 3.63) is 56.5 Å². The lowest BCUT2D eigenvalue weighted by molar-refractivity contribution is -0.387. The summed E-state index contributed by atoms with van der Waals surface area (Å²) in [5, 5.41) is 20.8. The van der Waals surface area contributed by atoms with Crippen LogP contribution in [0.5, 0.6) is 0 Å². The number of hydrogen-bond donors (Lipinski definition) is 2. The first-order chi connectivity index (χ1) is 9.47. The maximum atomic E-state index is 11.2. The van der Waals surface area contributed by atoms with Crippen molar-refractivity contribution in [2.24, 2.45) is 0 Å². The van der Waals surface area contributed by atoms with E-state index in [-0.39, 0.29) is 16.4 Å². The largest absolute Gasteiger partial charge is 0.389 e. The van der Waals surface area contributed by atoms with Gasteiger partial charge in [-0.2, -0.15) is 0 Å². The molecule has 2 rings (SSSR count). The normalized spacial score (nSPS) is 12.1. The number of H-pyrrole nitrogens is 1. The van der Waals surface area contributed by atoms with Crippen LogP contribution in [0.3, 0.4) is 0 Å². The van der Waals surface area contributed by atoms with Crippen LogP contribution in [0.2, 0.25) is 0 Å². The van der Waals surface area contributed by atoms with Crippen LogP contribution in [-0.4, -0.2) is 20.0 Å². The highest BCUT2D eigenvalue weighted by Crippen LogP contribution is 2.34. The number of aromatic amines is 1. The van der Waals surface area contributed by atoms with E-state index in [0.717, 1.165) is 11.8 Å². The maximum Gasteiger partial charge on any atom is 0.283 e. The topological polar surface area (TPSA) is 109 Å². The number of nitro groups is 1. The van der Waals surface area contributed by atoms with Gasteiger partial charge < -0.3 is 10.1 Å². The first kappa shape index (κ1) is 14.2. The van der Waals surface area contributed by atoms with E-state index in [1.807, 2.05) is 0 Å². The van der Waals surface area contributed by atoms with Crippen molar-refractivity contribution < 1.29 is 10.0 Å². The molecule has 104 valence electrons. The molecule has 0 bridgehead atoms. The van der Waals surface area contributed by atoms with E-state index >= 15 is 0 Å². The third kappa shape index (κ3) is 3.22. The zero-order valence-electron chi connectivity index (χ0n) is 10.4. The first-order valence-electron chi connectivity index (χ1n) is 5.67. The van der Waals surface area contributed by atoms with Crippen LogP contribution in [0.25, 0.3) is 0 Å². The van der Waals surface area contributed by atoms with Crippen molar-refractivity contribution >= 4 is 17.4 Å². The summed E-state index contributed by atoms with van der Waals surface area (Å²) in [6, 6.07) is 5.70. The molecule has 0 radical (unpaired) electrons. The average Bonchev–Trinajstić information content (AvgIpc) is 2.38. The minimum absolute atomic E-state index is 0.139. The van der Waals surface area contributed by atoms with Gasteiger partial charge in [0.15, 0.2) is 5.16 Å². The predicted octanol–water partition coefficient (Wildman–Crippen LogP) is 1.88. The highest BCUT2D eigenvalue weighted by Gasteiger charge is 2.18. The lowest BCUT2D eigenvalue weighted by Gasteiger charge is -2.07. The summed E-state index contributed by atoms with van der Waals surface area (Å²) in [6.07, 6.45) is 0.541. The molecule has 0 aliphatic rings. The Morgan fingerprint density at radius 2 is 2.20 bits per heavy atom. The van der Waals surface area contributed by atoms with Crippen LogP contribution in [0, 0.1) is 10.1 Å². The number of rotatable bonds is 4. The SMILES string of the molecule is C[C@H](O)c1ccc(Sc2nccc(=O)[nH]2)c([N+](=O)[O-])c1. The highest BCUT2D eigenvalue weighted by atomic mass is 32.2. The second kappa shape index (κ2) is 5.85. The molecule has 2 N–H and O–H groups in total. The van der Waals surface area contributed by atoms with Gasteiger partial charge in [-0.3, -0.25) is 14.9 Å². The van der Waals surface area contributed by atoms with Crippen molar-refractivity contribution in [1.82, 2.24) is 9.97 Å². The Labute approximate surface area is 117 Å². The predicted molar refractivity (Wildman–Crippen MR) is 72.7 cm³/mol. The summed E-state index contributed by atoms with van der Waals surface area (Å²) >= 11 is 0.987. The molecule has 0 aliphatic heterocycles. The van der Waals surface area contributed by atoms with Gasteiger partial charge in [-0.1, -0.05) is 6.07 Å². The van der Waals surface area contributed by atoms with Crippen molar-refractivity contribution in [2.75, 3.05) is 0 Å². The molecule has 1 heterocycles. The quantitative estimate of drug-likeness (QED) is 0.506. The van der Waals surface area contributed by atoms with Crippen LogP contribution in [0.15, 0.2) is 45.3 Å². The molecule has 1 atom stereocenters. The maximum absolute atomic E-state index is 11.2. The van der Waals surface area contributed by atoms with Gasteiger partial charge in [0.2, 0.25) is 0 Å². The minimum atomic E-state index is -0.789. The Morgan fingerprint density at radius 3 is 2.80 bits per heavy atom. The Balaban J connectivity index is 2.41. The van der Waals surface area contributed by atoms with E-state index in [0.29, 0.717) is 10.5 Å². The van der Waals surface area contributed by atoms with Gasteiger partial charge in [-0.15, -0.1) is 0 Å². The van der Waals surface area contributed by atoms with Gasteiger partial charge in [0.1, 0.15) is 0 Å². The molecule has 2 aromatic rings. The van der Waals surface area contributed by atoms with Crippen molar-refractivity contribution in [1.29, 1.82) is 0 Å². The zero-order valence-corrected chi connectivity index (χ0v) is 11.3. The Kier molecular flexibility index (Phi) is 4.16. The van der Waals surface area contributed by atoms with Crippen LogP contribution in [0.1, 0.15) is 18.6 Å². The van der Waals surface area contributed by atoms with Gasteiger partial charge >= 0.3 is 0 Å². The van der Waals surface area contributed by atoms with Crippen LogP contribution in [0.4, 0.5) is 5.69 Å². The average molecular weight is 293 g/mol. The number of aliphatic hydroxyl groups excluding tert-OH is 1. The third-order valence-electron chi connectivity index (χ3n) is 2.52. The minimum Gasteiger partial charge on any atom is -0.389 e. The van der Waals surface area contributed by atoms with Gasteiger partial charge in [-0.25, -0.2) is 4.98 Å². The van der Waals surface area contributed by atoms with Gasteiger partial charge in [-0.05, 0) is 30.3 Å². The van der Waals surface area contributed by atoms with E-state index in [1.165, 1.54) is 31.3 Å². The molecule has 8 heteroatoms. The van der Waals surface area contributed by atoms with E-state index < -0.39 is 11.0 Å². The van der Waals surface area contributed by atoms with E-state index in [9.17, 15) is 20.0 Å². The van der Waals surface area contributed by atoms with E-state index in [1.54, 1.807) is 6.07 Å². The number of aromatic nitrogens is 2. The Morgan fingerprint density at radius 1 is 1.45 bits per heavy atom. The Bertz CT molecular complexity index is 699.